The molecule has 4 rings (SSSR count). The number of para-hydroxylation sites is 1. The van der Waals surface area contributed by atoms with E-state index in [1.807, 2.05) is 23.1 Å². The Hall–Kier alpha value is -1.58. The topological polar surface area (TPSA) is 48.1 Å². The van der Waals surface area contributed by atoms with Crippen molar-refractivity contribution in [2.24, 2.45) is 0 Å². The molecule has 0 atom stereocenters. The zero-order valence-electron chi connectivity index (χ0n) is 18.7. The molecule has 1 aromatic heterocycles. The van der Waals surface area contributed by atoms with Crippen LogP contribution in [0.25, 0.3) is 0 Å². The second-order valence-corrected chi connectivity index (χ2v) is 10.4. The minimum atomic E-state index is 0.116. The van der Waals surface area contributed by atoms with Gasteiger partial charge in [-0.1, -0.05) is 18.2 Å². The summed E-state index contributed by atoms with van der Waals surface area (Å²) in [6.07, 6.45) is 0.965. The number of ether oxygens (including phenoxy) is 1. The van der Waals surface area contributed by atoms with Crippen LogP contribution < -0.4 is 10.2 Å². The van der Waals surface area contributed by atoms with Crippen molar-refractivity contribution in [2.45, 2.75) is 17.9 Å². The fourth-order valence-corrected chi connectivity index (χ4v) is 5.95. The molecular weight excluding hydrogens is 440 g/mol. The standard InChI is InChI=1S/C24H34N4O2S2/c29-24(20-28-14-18-32-23-7-2-1-6-22(23)28)25-8-4-9-27(19-21-5-3-17-31-21)11-10-26-12-15-30-16-13-26/h1-3,5-7,17H,4,8-16,18-20H2,(H,25,29). The summed E-state index contributed by atoms with van der Waals surface area (Å²) in [5.41, 5.74) is 1.18. The number of hydrogen-bond donors (Lipinski definition) is 1. The number of fused-ring (bicyclic) bond motifs is 1. The van der Waals surface area contributed by atoms with Crippen LogP contribution in [-0.2, 0) is 16.1 Å². The van der Waals surface area contributed by atoms with Gasteiger partial charge < -0.3 is 15.0 Å². The Morgan fingerprint density at radius 3 is 2.81 bits per heavy atom. The van der Waals surface area contributed by atoms with Crippen LogP contribution in [0.3, 0.4) is 0 Å². The molecule has 2 aliphatic heterocycles. The van der Waals surface area contributed by atoms with Crippen LogP contribution in [0.5, 0.6) is 0 Å². The first-order chi connectivity index (χ1) is 15.8. The minimum Gasteiger partial charge on any atom is -0.379 e. The van der Waals surface area contributed by atoms with Crippen LogP contribution in [0.15, 0.2) is 46.7 Å². The van der Waals surface area contributed by atoms with E-state index in [0.717, 1.165) is 77.7 Å². The number of carbonyl (C=O) groups is 1. The molecule has 2 aromatic rings. The average Bonchev–Trinajstić information content (AvgIpc) is 3.34. The predicted molar refractivity (Wildman–Crippen MR) is 134 cm³/mol. The summed E-state index contributed by atoms with van der Waals surface area (Å²) < 4.78 is 5.47. The summed E-state index contributed by atoms with van der Waals surface area (Å²) in [6, 6.07) is 12.7. The number of thiophene rings is 1. The second kappa shape index (κ2) is 12.6. The zero-order chi connectivity index (χ0) is 22.0. The first-order valence-electron chi connectivity index (χ1n) is 11.6. The molecule has 1 amide bonds. The summed E-state index contributed by atoms with van der Waals surface area (Å²) in [7, 11) is 0. The molecule has 0 aliphatic carbocycles. The highest BCUT2D eigenvalue weighted by atomic mass is 32.2. The SMILES string of the molecule is O=C(CN1CCSc2ccccc21)NCCCN(CCN1CCOCC1)Cc1cccs1. The van der Waals surface area contributed by atoms with Gasteiger partial charge in [-0.25, -0.2) is 0 Å². The highest BCUT2D eigenvalue weighted by Crippen LogP contribution is 2.33. The third-order valence-corrected chi connectivity index (χ3v) is 7.83. The fourth-order valence-electron chi connectivity index (χ4n) is 4.15. The van der Waals surface area contributed by atoms with E-state index in [1.165, 1.54) is 15.5 Å². The molecule has 0 radical (unpaired) electrons. The normalized spacial score (nSPS) is 16.8. The molecule has 3 heterocycles. The van der Waals surface area contributed by atoms with Crippen molar-refractivity contribution in [3.8, 4) is 0 Å². The molecule has 32 heavy (non-hydrogen) atoms. The minimum absolute atomic E-state index is 0.116. The maximum atomic E-state index is 12.6. The highest BCUT2D eigenvalue weighted by molar-refractivity contribution is 7.99. The summed E-state index contributed by atoms with van der Waals surface area (Å²) in [5, 5.41) is 5.29. The first-order valence-corrected chi connectivity index (χ1v) is 13.4. The van der Waals surface area contributed by atoms with Crippen molar-refractivity contribution in [2.75, 3.05) is 76.2 Å². The van der Waals surface area contributed by atoms with E-state index < -0.39 is 0 Å². The van der Waals surface area contributed by atoms with Gasteiger partial charge in [-0.3, -0.25) is 14.6 Å². The molecule has 0 bridgehead atoms. The first kappa shape index (κ1) is 23.6. The van der Waals surface area contributed by atoms with E-state index in [9.17, 15) is 4.79 Å². The number of amides is 1. The van der Waals surface area contributed by atoms with E-state index >= 15 is 0 Å². The van der Waals surface area contributed by atoms with Crippen molar-refractivity contribution in [1.29, 1.82) is 0 Å². The van der Waals surface area contributed by atoms with Gasteiger partial charge in [-0.05, 0) is 30.0 Å². The summed E-state index contributed by atoms with van der Waals surface area (Å²) in [5.74, 6) is 1.15. The Labute approximate surface area is 199 Å². The lowest BCUT2D eigenvalue weighted by atomic mass is 10.2. The maximum absolute atomic E-state index is 12.6. The van der Waals surface area contributed by atoms with Gasteiger partial charge in [0, 0.05) is 67.9 Å². The van der Waals surface area contributed by atoms with Gasteiger partial charge >= 0.3 is 0 Å². The van der Waals surface area contributed by atoms with Crippen molar-refractivity contribution in [1.82, 2.24) is 15.1 Å². The van der Waals surface area contributed by atoms with Crippen LogP contribution in [-0.4, -0.2) is 87.0 Å². The lowest BCUT2D eigenvalue weighted by molar-refractivity contribution is -0.119. The van der Waals surface area contributed by atoms with Gasteiger partial charge in [0.1, 0.15) is 0 Å². The smallest absolute Gasteiger partial charge is 0.239 e. The largest absolute Gasteiger partial charge is 0.379 e. The molecule has 1 N–H and O–H groups in total. The third kappa shape index (κ3) is 7.22. The zero-order valence-corrected chi connectivity index (χ0v) is 20.3. The molecular formula is C24H34N4O2S2. The quantitative estimate of drug-likeness (QED) is 0.506. The Morgan fingerprint density at radius 2 is 1.97 bits per heavy atom. The van der Waals surface area contributed by atoms with Gasteiger partial charge in [-0.15, -0.1) is 23.1 Å². The molecule has 6 nitrogen and oxygen atoms in total. The van der Waals surface area contributed by atoms with Crippen LogP contribution in [0.4, 0.5) is 5.69 Å². The van der Waals surface area contributed by atoms with E-state index in [4.69, 9.17) is 4.74 Å². The molecule has 2 aliphatic rings. The number of hydrogen-bond acceptors (Lipinski definition) is 7. The van der Waals surface area contributed by atoms with Crippen molar-refractivity contribution in [3.63, 3.8) is 0 Å². The number of anilines is 1. The Bertz CT molecular complexity index is 827. The summed E-state index contributed by atoms with van der Waals surface area (Å²) >= 11 is 3.69. The number of nitrogens with zero attached hydrogens (tertiary/aromatic N) is 3. The van der Waals surface area contributed by atoms with Crippen LogP contribution in [0, 0.1) is 0 Å². The molecule has 1 saturated heterocycles. The maximum Gasteiger partial charge on any atom is 0.239 e. The van der Waals surface area contributed by atoms with E-state index in [0.29, 0.717) is 6.54 Å². The number of nitrogens with one attached hydrogen (secondary N) is 1. The van der Waals surface area contributed by atoms with Crippen LogP contribution in [0.2, 0.25) is 0 Å². The van der Waals surface area contributed by atoms with Gasteiger partial charge in [-0.2, -0.15) is 0 Å². The van der Waals surface area contributed by atoms with Crippen LogP contribution in [0.1, 0.15) is 11.3 Å². The number of thioether (sulfide) groups is 1. The van der Waals surface area contributed by atoms with Gasteiger partial charge in [0.2, 0.25) is 5.91 Å². The van der Waals surface area contributed by atoms with Crippen molar-refractivity contribution in [3.05, 3.63) is 46.7 Å². The Kier molecular flexibility index (Phi) is 9.29. The van der Waals surface area contributed by atoms with Crippen molar-refractivity contribution >= 4 is 34.7 Å². The lowest BCUT2D eigenvalue weighted by Gasteiger charge is -2.30. The highest BCUT2D eigenvalue weighted by Gasteiger charge is 2.19. The van der Waals surface area contributed by atoms with Gasteiger partial charge in [0.25, 0.3) is 0 Å². The average molecular weight is 475 g/mol. The molecule has 0 saturated carbocycles. The third-order valence-electron chi connectivity index (χ3n) is 5.93. The summed E-state index contributed by atoms with van der Waals surface area (Å²) in [6.45, 7) is 9.93. The molecule has 8 heteroatoms. The summed E-state index contributed by atoms with van der Waals surface area (Å²) in [4.78, 5) is 22.4. The van der Waals surface area contributed by atoms with Crippen LogP contribution >= 0.6 is 23.1 Å². The predicted octanol–water partition coefficient (Wildman–Crippen LogP) is 3.00. The van der Waals surface area contributed by atoms with Gasteiger partial charge in [0.15, 0.2) is 0 Å². The van der Waals surface area contributed by atoms with Gasteiger partial charge in [0.05, 0.1) is 25.4 Å². The Morgan fingerprint density at radius 1 is 1.09 bits per heavy atom. The molecule has 1 aromatic carbocycles. The van der Waals surface area contributed by atoms with E-state index in [1.54, 1.807) is 0 Å². The molecule has 0 unspecified atom stereocenters. The lowest BCUT2D eigenvalue weighted by Crippen LogP contribution is -2.42. The molecule has 1 fully saturated rings. The number of morpholine rings is 1. The number of carbonyl (C=O) groups excluding carboxylic acids is 1. The van der Waals surface area contributed by atoms with E-state index in [-0.39, 0.29) is 5.91 Å². The van der Waals surface area contributed by atoms with E-state index in [2.05, 4.69) is 61.8 Å². The molecule has 174 valence electrons. The molecule has 0 spiro atoms. The fraction of sp³-hybridized carbons (Fsp3) is 0.542. The Balaban J connectivity index is 1.19. The number of benzene rings is 1. The second-order valence-electron chi connectivity index (χ2n) is 8.25. The monoisotopic (exact) mass is 474 g/mol. The number of rotatable bonds is 11. The van der Waals surface area contributed by atoms with Crippen molar-refractivity contribution < 1.29 is 9.53 Å².